The zero-order chi connectivity index (χ0) is 20.1. The highest BCUT2D eigenvalue weighted by molar-refractivity contribution is 6.00. The molecule has 3 aromatic heterocycles. The smallest absolute Gasteiger partial charge is 0.308 e. The van der Waals surface area contributed by atoms with Gasteiger partial charge in [-0.25, -0.2) is 9.97 Å². The Hall–Kier alpha value is -3.67. The van der Waals surface area contributed by atoms with Crippen molar-refractivity contribution in [1.82, 2.24) is 18.9 Å². The maximum Gasteiger partial charge on any atom is 0.308 e. The topological polar surface area (TPSA) is 61.4 Å². The lowest BCUT2D eigenvalue weighted by molar-refractivity contribution is -0.131. The number of rotatable bonds is 3. The third-order valence-electron chi connectivity index (χ3n) is 5.30. The molecular formula is C23H20N4O2. The normalized spacial score (nSPS) is 12.7. The lowest BCUT2D eigenvalue weighted by atomic mass is 10.1. The van der Waals surface area contributed by atoms with Crippen LogP contribution in [0.15, 0.2) is 60.8 Å². The van der Waals surface area contributed by atoms with Crippen LogP contribution < -0.4 is 4.74 Å². The number of fused-ring (bicyclic) bond motifs is 5. The minimum Gasteiger partial charge on any atom is -0.424 e. The second kappa shape index (κ2) is 6.44. The van der Waals surface area contributed by atoms with Gasteiger partial charge < -0.3 is 9.30 Å². The molecule has 0 radical (unpaired) electrons. The fraction of sp³-hybridized carbons (Fsp3) is 0.174. The number of esters is 1. The van der Waals surface area contributed by atoms with Crippen LogP contribution in [0.4, 0.5) is 0 Å². The molecule has 5 aromatic rings. The average molecular weight is 384 g/mol. The predicted octanol–water partition coefficient (Wildman–Crippen LogP) is 4.68. The Labute approximate surface area is 167 Å². The first kappa shape index (κ1) is 17.4. The zero-order valence-electron chi connectivity index (χ0n) is 16.5. The minimum atomic E-state index is -0.369. The number of hydrogen-bond acceptors (Lipinski definition) is 4. The first-order valence-electron chi connectivity index (χ1n) is 9.56. The van der Waals surface area contributed by atoms with Crippen LogP contribution in [0.3, 0.4) is 0 Å². The second-order valence-electron chi connectivity index (χ2n) is 7.20. The molecule has 0 saturated carbocycles. The quantitative estimate of drug-likeness (QED) is 0.424. The molecular weight excluding hydrogens is 364 g/mol. The molecule has 0 N–H and O–H groups in total. The molecule has 0 fully saturated rings. The molecule has 6 nitrogen and oxygen atoms in total. The van der Waals surface area contributed by atoms with Gasteiger partial charge in [0.05, 0.1) is 23.3 Å². The van der Waals surface area contributed by atoms with Crippen LogP contribution >= 0.6 is 0 Å². The van der Waals surface area contributed by atoms with E-state index >= 15 is 0 Å². The van der Waals surface area contributed by atoms with Gasteiger partial charge in [-0.3, -0.25) is 9.20 Å². The number of ether oxygens (including phenoxy) is 1. The van der Waals surface area contributed by atoms with Gasteiger partial charge in [-0.05, 0) is 31.5 Å². The summed E-state index contributed by atoms with van der Waals surface area (Å²) in [6.07, 6.45) is 1.86. The predicted molar refractivity (Wildman–Crippen MR) is 112 cm³/mol. The van der Waals surface area contributed by atoms with Crippen LogP contribution in [-0.2, 0) is 4.79 Å². The fourth-order valence-corrected chi connectivity index (χ4v) is 3.96. The SMILES string of the molecule is CC(=O)Oc1cn(C(C)c2ccccc2)c2nc(C)n3c4ccccc4nc3c12. The van der Waals surface area contributed by atoms with Gasteiger partial charge in [-0.2, -0.15) is 0 Å². The number of hydrogen-bond donors (Lipinski definition) is 0. The van der Waals surface area contributed by atoms with Crippen LogP contribution in [0.2, 0.25) is 0 Å². The Balaban J connectivity index is 1.87. The molecule has 0 amide bonds. The van der Waals surface area contributed by atoms with Gasteiger partial charge in [0.1, 0.15) is 16.9 Å². The highest BCUT2D eigenvalue weighted by Gasteiger charge is 2.23. The summed E-state index contributed by atoms with van der Waals surface area (Å²) in [6, 6.07) is 18.1. The maximum absolute atomic E-state index is 11.8. The van der Waals surface area contributed by atoms with E-state index in [0.717, 1.165) is 39.1 Å². The highest BCUT2D eigenvalue weighted by Crippen LogP contribution is 2.36. The Bertz CT molecular complexity index is 1380. The van der Waals surface area contributed by atoms with Crippen LogP contribution in [-0.4, -0.2) is 24.9 Å². The minimum absolute atomic E-state index is 0.0155. The number of carbonyl (C=O) groups excluding carboxylic acids is 1. The summed E-state index contributed by atoms with van der Waals surface area (Å²) < 4.78 is 9.65. The number of imidazole rings is 1. The number of carbonyl (C=O) groups is 1. The van der Waals surface area contributed by atoms with Gasteiger partial charge in [0, 0.05) is 6.92 Å². The van der Waals surface area contributed by atoms with Crippen molar-refractivity contribution in [3.8, 4) is 5.75 Å². The molecule has 0 aliphatic rings. The average Bonchev–Trinajstić information content (AvgIpc) is 3.26. The molecule has 0 aliphatic carbocycles. The van der Waals surface area contributed by atoms with E-state index in [0.29, 0.717) is 5.75 Å². The Kier molecular flexibility index (Phi) is 3.87. The van der Waals surface area contributed by atoms with E-state index in [1.54, 1.807) is 0 Å². The summed E-state index contributed by atoms with van der Waals surface area (Å²) in [4.78, 5) is 21.5. The van der Waals surface area contributed by atoms with Gasteiger partial charge in [-0.1, -0.05) is 42.5 Å². The van der Waals surface area contributed by atoms with E-state index in [2.05, 4.69) is 23.6 Å². The molecule has 0 spiro atoms. The van der Waals surface area contributed by atoms with E-state index < -0.39 is 0 Å². The van der Waals surface area contributed by atoms with Crippen molar-refractivity contribution < 1.29 is 9.53 Å². The summed E-state index contributed by atoms with van der Waals surface area (Å²) in [5.41, 5.74) is 4.49. The van der Waals surface area contributed by atoms with Gasteiger partial charge in [-0.15, -0.1) is 0 Å². The van der Waals surface area contributed by atoms with Crippen molar-refractivity contribution in [2.45, 2.75) is 26.8 Å². The molecule has 29 heavy (non-hydrogen) atoms. The summed E-state index contributed by atoms with van der Waals surface area (Å²) in [5.74, 6) is 0.935. The summed E-state index contributed by atoms with van der Waals surface area (Å²) >= 11 is 0. The number of aromatic nitrogens is 4. The van der Waals surface area contributed by atoms with Crippen molar-refractivity contribution in [2.75, 3.05) is 0 Å². The Morgan fingerprint density at radius 2 is 1.72 bits per heavy atom. The van der Waals surface area contributed by atoms with Crippen molar-refractivity contribution >= 4 is 33.7 Å². The van der Waals surface area contributed by atoms with E-state index in [1.807, 2.05) is 60.0 Å². The molecule has 1 unspecified atom stereocenters. The van der Waals surface area contributed by atoms with Crippen LogP contribution in [0, 0.1) is 6.92 Å². The summed E-state index contributed by atoms with van der Waals surface area (Å²) in [5, 5.41) is 0.741. The molecule has 0 bridgehead atoms. The van der Waals surface area contributed by atoms with Gasteiger partial charge >= 0.3 is 5.97 Å². The highest BCUT2D eigenvalue weighted by atomic mass is 16.5. The largest absolute Gasteiger partial charge is 0.424 e. The molecule has 5 rings (SSSR count). The first-order valence-corrected chi connectivity index (χ1v) is 9.56. The number of nitrogens with zero attached hydrogens (tertiary/aromatic N) is 4. The third kappa shape index (κ3) is 2.68. The van der Waals surface area contributed by atoms with Gasteiger partial charge in [0.2, 0.25) is 0 Å². The molecule has 6 heteroatoms. The molecule has 1 atom stereocenters. The van der Waals surface area contributed by atoms with Crippen molar-refractivity contribution in [2.24, 2.45) is 0 Å². The lowest BCUT2D eigenvalue weighted by Gasteiger charge is -2.15. The number of aryl methyl sites for hydroxylation is 1. The first-order chi connectivity index (χ1) is 14.0. The molecule has 3 heterocycles. The van der Waals surface area contributed by atoms with Crippen molar-refractivity contribution in [1.29, 1.82) is 0 Å². The van der Waals surface area contributed by atoms with Crippen molar-refractivity contribution in [3.05, 3.63) is 72.2 Å². The molecule has 0 saturated heterocycles. The van der Waals surface area contributed by atoms with Gasteiger partial charge in [0.25, 0.3) is 0 Å². The zero-order valence-corrected chi connectivity index (χ0v) is 16.5. The van der Waals surface area contributed by atoms with Crippen LogP contribution in [0.5, 0.6) is 5.75 Å². The monoisotopic (exact) mass is 384 g/mol. The number of benzene rings is 2. The van der Waals surface area contributed by atoms with E-state index in [4.69, 9.17) is 14.7 Å². The van der Waals surface area contributed by atoms with Crippen LogP contribution in [0.1, 0.15) is 31.3 Å². The maximum atomic E-state index is 11.8. The van der Waals surface area contributed by atoms with E-state index in [-0.39, 0.29) is 12.0 Å². The molecule has 144 valence electrons. The molecule has 0 aliphatic heterocycles. The second-order valence-corrected chi connectivity index (χ2v) is 7.20. The third-order valence-corrected chi connectivity index (χ3v) is 5.30. The fourth-order valence-electron chi connectivity index (χ4n) is 3.96. The Morgan fingerprint density at radius 3 is 2.48 bits per heavy atom. The van der Waals surface area contributed by atoms with Crippen LogP contribution in [0.25, 0.3) is 27.7 Å². The van der Waals surface area contributed by atoms with E-state index in [1.165, 1.54) is 6.92 Å². The number of para-hydroxylation sites is 2. The summed E-state index contributed by atoms with van der Waals surface area (Å²) in [7, 11) is 0. The van der Waals surface area contributed by atoms with Gasteiger partial charge in [0.15, 0.2) is 11.4 Å². The van der Waals surface area contributed by atoms with Crippen molar-refractivity contribution in [3.63, 3.8) is 0 Å². The standard InChI is InChI=1S/C23H20N4O2/c1-14(17-9-5-4-6-10-17)26-13-20(29-16(3)28)21-22(26)24-15(2)27-19-12-8-7-11-18(19)25-23(21)27/h4-14H,1-3H3. The summed E-state index contributed by atoms with van der Waals surface area (Å²) in [6.45, 7) is 5.48. The molecule has 2 aromatic carbocycles. The lowest BCUT2D eigenvalue weighted by Crippen LogP contribution is -2.07. The Morgan fingerprint density at radius 1 is 1.00 bits per heavy atom. The van der Waals surface area contributed by atoms with E-state index in [9.17, 15) is 4.79 Å².